The Morgan fingerprint density at radius 1 is 1.26 bits per heavy atom. The number of nitrogens with zero attached hydrogens (tertiary/aromatic N) is 3. The highest BCUT2D eigenvalue weighted by Gasteiger charge is 2.31. The summed E-state index contributed by atoms with van der Waals surface area (Å²) >= 11 is 1.71. The zero-order chi connectivity index (χ0) is 19.2. The lowest BCUT2D eigenvalue weighted by molar-refractivity contribution is -0.0401. The van der Waals surface area contributed by atoms with Crippen molar-refractivity contribution in [3.05, 3.63) is 23.1 Å². The fourth-order valence-electron chi connectivity index (χ4n) is 3.77. The van der Waals surface area contributed by atoms with Gasteiger partial charge in [0.1, 0.15) is 17.0 Å². The molecule has 4 heterocycles. The third-order valence-corrected chi connectivity index (χ3v) is 6.34. The standard InChI is InChI=1S/C21H28N4OS/c1-6-15-14-10-26-21(4,5)9-13(14)16-17-18(27-20(16)25-15)19(24-11-23-17)22-8-7-12(2)3/h11-12H,6-10H2,1-5H3,(H,22,23,24). The van der Waals surface area contributed by atoms with Gasteiger partial charge in [0.2, 0.25) is 0 Å². The maximum Gasteiger partial charge on any atom is 0.147 e. The number of anilines is 1. The van der Waals surface area contributed by atoms with Gasteiger partial charge in [-0.2, -0.15) is 0 Å². The molecule has 0 radical (unpaired) electrons. The third-order valence-electron chi connectivity index (χ3n) is 5.26. The van der Waals surface area contributed by atoms with Gasteiger partial charge in [-0.25, -0.2) is 15.0 Å². The Balaban J connectivity index is 1.89. The van der Waals surface area contributed by atoms with Crippen molar-refractivity contribution in [2.45, 2.75) is 66.1 Å². The van der Waals surface area contributed by atoms with Crippen LogP contribution in [0.2, 0.25) is 0 Å². The summed E-state index contributed by atoms with van der Waals surface area (Å²) in [6, 6.07) is 0. The monoisotopic (exact) mass is 384 g/mol. The summed E-state index contributed by atoms with van der Waals surface area (Å²) in [5.74, 6) is 1.60. The van der Waals surface area contributed by atoms with Crippen molar-refractivity contribution >= 4 is 37.6 Å². The molecule has 0 fully saturated rings. The Kier molecular flexibility index (Phi) is 4.80. The van der Waals surface area contributed by atoms with Gasteiger partial charge < -0.3 is 10.1 Å². The Hall–Kier alpha value is -1.79. The van der Waals surface area contributed by atoms with Crippen LogP contribution in [0.3, 0.4) is 0 Å². The van der Waals surface area contributed by atoms with Gasteiger partial charge in [-0.05, 0) is 38.2 Å². The van der Waals surface area contributed by atoms with Crippen LogP contribution in [0.1, 0.15) is 57.9 Å². The van der Waals surface area contributed by atoms with E-state index in [9.17, 15) is 0 Å². The van der Waals surface area contributed by atoms with Crippen LogP contribution < -0.4 is 5.32 Å². The van der Waals surface area contributed by atoms with E-state index in [0.717, 1.165) is 52.4 Å². The zero-order valence-electron chi connectivity index (χ0n) is 16.8. The van der Waals surface area contributed by atoms with Crippen LogP contribution in [0.5, 0.6) is 0 Å². The number of rotatable bonds is 5. The maximum absolute atomic E-state index is 6.09. The molecule has 3 aromatic heterocycles. The van der Waals surface area contributed by atoms with Gasteiger partial charge in [0.15, 0.2) is 0 Å². The van der Waals surface area contributed by atoms with Gasteiger partial charge >= 0.3 is 0 Å². The summed E-state index contributed by atoms with van der Waals surface area (Å²) in [5.41, 5.74) is 4.65. The Labute approximate surface area is 164 Å². The molecule has 0 atom stereocenters. The molecule has 3 aromatic rings. The highest BCUT2D eigenvalue weighted by atomic mass is 32.1. The minimum Gasteiger partial charge on any atom is -0.370 e. The number of thiophene rings is 1. The molecular weight excluding hydrogens is 356 g/mol. The average Bonchev–Trinajstić information content (AvgIpc) is 2.99. The molecule has 0 saturated heterocycles. The van der Waals surface area contributed by atoms with Gasteiger partial charge in [-0.15, -0.1) is 11.3 Å². The average molecular weight is 385 g/mol. The first-order chi connectivity index (χ1) is 12.9. The van der Waals surface area contributed by atoms with E-state index in [4.69, 9.17) is 9.72 Å². The topological polar surface area (TPSA) is 59.9 Å². The lowest BCUT2D eigenvalue weighted by atomic mass is 9.89. The van der Waals surface area contributed by atoms with Gasteiger partial charge in [0, 0.05) is 29.6 Å². The first-order valence-corrected chi connectivity index (χ1v) is 10.7. The van der Waals surface area contributed by atoms with E-state index in [1.165, 1.54) is 16.5 Å². The molecule has 0 aromatic carbocycles. The molecule has 144 valence electrons. The summed E-state index contributed by atoms with van der Waals surface area (Å²) in [4.78, 5) is 15.2. The quantitative estimate of drug-likeness (QED) is 0.662. The van der Waals surface area contributed by atoms with Crippen LogP contribution in [-0.4, -0.2) is 27.1 Å². The number of aromatic nitrogens is 3. The molecule has 1 aliphatic heterocycles. The minimum atomic E-state index is -0.161. The predicted octanol–water partition coefficient (Wildman–Crippen LogP) is 5.11. The predicted molar refractivity (Wildman–Crippen MR) is 113 cm³/mol. The highest BCUT2D eigenvalue weighted by molar-refractivity contribution is 7.26. The summed E-state index contributed by atoms with van der Waals surface area (Å²) in [7, 11) is 0. The zero-order valence-corrected chi connectivity index (χ0v) is 17.7. The first-order valence-electron chi connectivity index (χ1n) is 9.85. The number of pyridine rings is 1. The number of hydrogen-bond acceptors (Lipinski definition) is 6. The van der Waals surface area contributed by atoms with Crippen molar-refractivity contribution in [3.8, 4) is 0 Å². The van der Waals surface area contributed by atoms with E-state index >= 15 is 0 Å². The second-order valence-corrected chi connectivity index (χ2v) is 9.38. The molecule has 1 N–H and O–H groups in total. The summed E-state index contributed by atoms with van der Waals surface area (Å²) < 4.78 is 7.20. The van der Waals surface area contributed by atoms with Gasteiger partial charge in [0.25, 0.3) is 0 Å². The third kappa shape index (κ3) is 3.41. The lowest BCUT2D eigenvalue weighted by Crippen LogP contribution is -2.32. The number of ether oxygens (including phenoxy) is 1. The Bertz CT molecular complexity index is 993. The first kappa shape index (κ1) is 18.6. The molecule has 27 heavy (non-hydrogen) atoms. The van der Waals surface area contributed by atoms with Crippen molar-refractivity contribution in [2.75, 3.05) is 11.9 Å². The van der Waals surface area contributed by atoms with Crippen LogP contribution in [0.4, 0.5) is 5.82 Å². The van der Waals surface area contributed by atoms with Crippen molar-refractivity contribution in [2.24, 2.45) is 5.92 Å². The number of nitrogens with one attached hydrogen (secondary N) is 1. The Morgan fingerprint density at radius 2 is 2.07 bits per heavy atom. The normalized spacial score (nSPS) is 16.2. The van der Waals surface area contributed by atoms with Crippen molar-refractivity contribution in [1.82, 2.24) is 15.0 Å². The molecular formula is C21H28N4OS. The molecule has 0 unspecified atom stereocenters. The van der Waals surface area contributed by atoms with Crippen LogP contribution in [0.25, 0.3) is 20.4 Å². The fourth-order valence-corrected chi connectivity index (χ4v) is 4.91. The number of aryl methyl sites for hydroxylation is 1. The lowest BCUT2D eigenvalue weighted by Gasteiger charge is -2.33. The molecule has 0 amide bonds. The maximum atomic E-state index is 6.09. The molecule has 6 heteroatoms. The van der Waals surface area contributed by atoms with Crippen LogP contribution in [-0.2, 0) is 24.2 Å². The second-order valence-electron chi connectivity index (χ2n) is 8.39. The molecule has 0 bridgehead atoms. The van der Waals surface area contributed by atoms with E-state index in [1.54, 1.807) is 17.7 Å². The largest absolute Gasteiger partial charge is 0.370 e. The summed E-state index contributed by atoms with van der Waals surface area (Å²) in [6.45, 7) is 12.5. The molecule has 5 nitrogen and oxygen atoms in total. The number of fused-ring (bicyclic) bond motifs is 5. The van der Waals surface area contributed by atoms with Gasteiger partial charge in [-0.3, -0.25) is 0 Å². The van der Waals surface area contributed by atoms with Gasteiger partial charge in [-0.1, -0.05) is 20.8 Å². The Morgan fingerprint density at radius 3 is 2.81 bits per heavy atom. The highest BCUT2D eigenvalue weighted by Crippen LogP contribution is 2.42. The minimum absolute atomic E-state index is 0.161. The van der Waals surface area contributed by atoms with Crippen LogP contribution >= 0.6 is 11.3 Å². The van der Waals surface area contributed by atoms with E-state index < -0.39 is 0 Å². The van der Waals surface area contributed by atoms with Gasteiger partial charge in [0.05, 0.1) is 22.4 Å². The fraction of sp³-hybridized carbons (Fsp3) is 0.571. The van der Waals surface area contributed by atoms with E-state index in [1.807, 2.05) is 0 Å². The van der Waals surface area contributed by atoms with E-state index in [0.29, 0.717) is 12.5 Å². The molecule has 1 aliphatic rings. The smallest absolute Gasteiger partial charge is 0.147 e. The molecule has 0 aliphatic carbocycles. The molecule has 0 saturated carbocycles. The summed E-state index contributed by atoms with van der Waals surface area (Å²) in [5, 5.41) is 4.71. The molecule has 4 rings (SSSR count). The summed E-state index contributed by atoms with van der Waals surface area (Å²) in [6.07, 6.45) is 4.61. The van der Waals surface area contributed by atoms with Crippen LogP contribution in [0.15, 0.2) is 6.33 Å². The molecule has 0 spiro atoms. The van der Waals surface area contributed by atoms with Crippen molar-refractivity contribution in [1.29, 1.82) is 0 Å². The number of hydrogen-bond donors (Lipinski definition) is 1. The van der Waals surface area contributed by atoms with Crippen LogP contribution in [0, 0.1) is 5.92 Å². The van der Waals surface area contributed by atoms with E-state index in [2.05, 4.69) is 49.9 Å². The SMILES string of the molecule is CCc1nc2sc3c(NCCC(C)C)ncnc3c2c2c1COC(C)(C)C2. The second kappa shape index (κ2) is 6.99. The van der Waals surface area contributed by atoms with Crippen molar-refractivity contribution < 1.29 is 4.74 Å². The van der Waals surface area contributed by atoms with E-state index in [-0.39, 0.29) is 5.60 Å². The van der Waals surface area contributed by atoms with Crippen molar-refractivity contribution in [3.63, 3.8) is 0 Å².